The highest BCUT2D eigenvalue weighted by Gasteiger charge is 2.19. The molecule has 0 fully saturated rings. The van der Waals surface area contributed by atoms with E-state index < -0.39 is 0 Å². The zero-order valence-corrected chi connectivity index (χ0v) is 30.6. The molecule has 0 saturated heterocycles. The first-order chi connectivity index (χ1) is 27.8. The van der Waals surface area contributed by atoms with E-state index >= 15 is 0 Å². The van der Waals surface area contributed by atoms with Crippen LogP contribution in [-0.2, 0) is 0 Å². The summed E-state index contributed by atoms with van der Waals surface area (Å²) in [6.45, 7) is 0. The summed E-state index contributed by atoms with van der Waals surface area (Å²) in [6.07, 6.45) is 0. The number of nitrogens with zero attached hydrogens (tertiary/aromatic N) is 2. The summed E-state index contributed by atoms with van der Waals surface area (Å²) in [5, 5.41) is 2.15. The second-order valence-corrected chi connectivity index (χ2v) is 14.0. The van der Waals surface area contributed by atoms with Gasteiger partial charge in [0.05, 0.1) is 0 Å². The zero-order chi connectivity index (χ0) is 37.3. The van der Waals surface area contributed by atoms with E-state index in [4.69, 9.17) is 9.40 Å². The monoisotopic (exact) mass is 716 g/mol. The van der Waals surface area contributed by atoms with Crippen molar-refractivity contribution in [3.63, 3.8) is 0 Å². The minimum Gasteiger partial charge on any atom is -0.435 e. The smallest absolute Gasteiger partial charge is 0.227 e. The number of benzene rings is 9. The Morgan fingerprint density at radius 1 is 0.339 bits per heavy atom. The molecule has 0 aliphatic rings. The van der Waals surface area contributed by atoms with Crippen molar-refractivity contribution in [2.75, 3.05) is 4.90 Å². The van der Waals surface area contributed by atoms with Crippen molar-refractivity contribution in [2.45, 2.75) is 0 Å². The molecule has 10 rings (SSSR count). The number of para-hydroxylation sites is 1. The van der Waals surface area contributed by atoms with Crippen LogP contribution in [-0.4, -0.2) is 4.98 Å². The Hall–Kier alpha value is -7.49. The van der Waals surface area contributed by atoms with Crippen LogP contribution in [0.5, 0.6) is 0 Å². The van der Waals surface area contributed by atoms with Gasteiger partial charge in [-0.1, -0.05) is 152 Å². The SMILES string of the molecule is c1ccc(-c2nc3ccc4cc(-c5ccc(N(c6ccccc6)c6ccc(-c7ccccc7)c(-c7ccccc7)c6)cc5-c5ccccc5)ccc4c3o2)cc1. The molecule has 0 radical (unpaired) electrons. The van der Waals surface area contributed by atoms with Crippen LogP contribution >= 0.6 is 0 Å². The van der Waals surface area contributed by atoms with Crippen LogP contribution in [0.3, 0.4) is 0 Å². The topological polar surface area (TPSA) is 29.3 Å². The van der Waals surface area contributed by atoms with Gasteiger partial charge in [0.1, 0.15) is 5.52 Å². The molecule has 0 atom stereocenters. The molecule has 0 aliphatic carbocycles. The highest BCUT2D eigenvalue weighted by atomic mass is 16.3. The summed E-state index contributed by atoms with van der Waals surface area (Å²) in [5.41, 5.74) is 15.2. The average molecular weight is 717 g/mol. The number of aromatic nitrogens is 1. The molecule has 0 saturated carbocycles. The Kier molecular flexibility index (Phi) is 8.51. The van der Waals surface area contributed by atoms with Crippen LogP contribution < -0.4 is 4.90 Å². The normalized spacial score (nSPS) is 11.2. The minimum atomic E-state index is 0.632. The Balaban J connectivity index is 1.12. The molecule has 0 aliphatic heterocycles. The molecule has 3 nitrogen and oxygen atoms in total. The fourth-order valence-corrected chi connectivity index (χ4v) is 7.79. The fraction of sp³-hybridized carbons (Fsp3) is 0. The predicted octanol–water partition coefficient (Wildman–Crippen LogP) is 14.8. The van der Waals surface area contributed by atoms with Gasteiger partial charge in [-0.15, -0.1) is 0 Å². The Morgan fingerprint density at radius 2 is 0.821 bits per heavy atom. The summed E-state index contributed by atoms with van der Waals surface area (Å²) < 4.78 is 6.38. The average Bonchev–Trinajstić information content (AvgIpc) is 3.73. The number of oxazole rings is 1. The zero-order valence-electron chi connectivity index (χ0n) is 30.6. The lowest BCUT2D eigenvalue weighted by Crippen LogP contribution is -2.10. The first-order valence-corrected chi connectivity index (χ1v) is 19.0. The van der Waals surface area contributed by atoms with Crippen LogP contribution in [0.25, 0.3) is 77.8 Å². The molecule has 56 heavy (non-hydrogen) atoms. The lowest BCUT2D eigenvalue weighted by molar-refractivity contribution is 0.623. The van der Waals surface area contributed by atoms with Crippen molar-refractivity contribution in [3.8, 4) is 56.0 Å². The number of rotatable bonds is 8. The molecule has 0 N–H and O–H groups in total. The summed E-state index contributed by atoms with van der Waals surface area (Å²) in [6, 6.07) is 77.3. The molecule has 0 unspecified atom stereocenters. The summed E-state index contributed by atoms with van der Waals surface area (Å²) in [7, 11) is 0. The first kappa shape index (κ1) is 33.1. The lowest BCUT2D eigenvalue weighted by Gasteiger charge is -2.28. The molecule has 3 heteroatoms. The van der Waals surface area contributed by atoms with Gasteiger partial charge >= 0.3 is 0 Å². The maximum Gasteiger partial charge on any atom is 0.227 e. The van der Waals surface area contributed by atoms with E-state index in [0.717, 1.165) is 66.8 Å². The molecule has 264 valence electrons. The van der Waals surface area contributed by atoms with Crippen molar-refractivity contribution >= 4 is 38.9 Å². The van der Waals surface area contributed by atoms with E-state index in [0.29, 0.717) is 5.89 Å². The van der Waals surface area contributed by atoms with Crippen molar-refractivity contribution in [1.82, 2.24) is 4.98 Å². The van der Waals surface area contributed by atoms with E-state index in [1.54, 1.807) is 0 Å². The highest BCUT2D eigenvalue weighted by molar-refractivity contribution is 6.05. The minimum absolute atomic E-state index is 0.632. The number of fused-ring (bicyclic) bond motifs is 3. The Labute approximate surface area is 326 Å². The van der Waals surface area contributed by atoms with Crippen LogP contribution in [0.15, 0.2) is 223 Å². The third-order valence-electron chi connectivity index (χ3n) is 10.5. The summed E-state index contributed by atoms with van der Waals surface area (Å²) >= 11 is 0. The maximum absolute atomic E-state index is 6.38. The van der Waals surface area contributed by atoms with Gasteiger partial charge in [-0.25, -0.2) is 4.98 Å². The van der Waals surface area contributed by atoms with E-state index in [1.807, 2.05) is 30.3 Å². The third kappa shape index (κ3) is 6.21. The van der Waals surface area contributed by atoms with Gasteiger partial charge in [-0.3, -0.25) is 0 Å². The van der Waals surface area contributed by atoms with E-state index in [1.165, 1.54) is 22.3 Å². The summed E-state index contributed by atoms with van der Waals surface area (Å²) in [4.78, 5) is 7.18. The van der Waals surface area contributed by atoms with E-state index in [-0.39, 0.29) is 0 Å². The molecule has 0 bridgehead atoms. The summed E-state index contributed by atoms with van der Waals surface area (Å²) in [5.74, 6) is 0.632. The number of anilines is 3. The van der Waals surface area contributed by atoms with Gasteiger partial charge in [0.15, 0.2) is 5.58 Å². The van der Waals surface area contributed by atoms with E-state index in [9.17, 15) is 0 Å². The first-order valence-electron chi connectivity index (χ1n) is 19.0. The number of hydrogen-bond donors (Lipinski definition) is 0. The molecule has 1 heterocycles. The van der Waals surface area contributed by atoms with Crippen molar-refractivity contribution in [2.24, 2.45) is 0 Å². The molecular formula is C53H36N2O. The van der Waals surface area contributed by atoms with Crippen LogP contribution in [0, 0.1) is 0 Å². The maximum atomic E-state index is 6.38. The van der Waals surface area contributed by atoms with Gasteiger partial charge in [-0.05, 0) is 117 Å². The lowest BCUT2D eigenvalue weighted by atomic mass is 9.92. The Morgan fingerprint density at radius 3 is 1.38 bits per heavy atom. The van der Waals surface area contributed by atoms with Crippen molar-refractivity contribution in [3.05, 3.63) is 218 Å². The van der Waals surface area contributed by atoms with Crippen molar-refractivity contribution in [1.29, 1.82) is 0 Å². The molecule has 0 spiro atoms. The van der Waals surface area contributed by atoms with E-state index in [2.05, 4.69) is 193 Å². The second kappa shape index (κ2) is 14.4. The predicted molar refractivity (Wildman–Crippen MR) is 233 cm³/mol. The van der Waals surface area contributed by atoms with Crippen LogP contribution in [0.1, 0.15) is 0 Å². The standard InChI is InChI=1S/C53H36N2O/c1-6-16-37(17-7-1)46-31-28-44(35-49(46)38-18-8-2-9-19-38)55(43-24-14-5-15-25-43)45-29-32-47(50(36-45)39-20-10-3-11-21-39)41-26-30-48-42(34-41)27-33-51-52(48)56-53(54-51)40-22-12-4-13-23-40/h1-36H. The molecule has 0 amide bonds. The largest absolute Gasteiger partial charge is 0.435 e. The van der Waals surface area contributed by atoms with Gasteiger partial charge < -0.3 is 9.32 Å². The number of hydrogen-bond acceptors (Lipinski definition) is 3. The second-order valence-electron chi connectivity index (χ2n) is 14.0. The van der Waals surface area contributed by atoms with Gasteiger partial charge in [0.25, 0.3) is 0 Å². The van der Waals surface area contributed by atoms with Crippen LogP contribution in [0.2, 0.25) is 0 Å². The highest BCUT2D eigenvalue weighted by Crippen LogP contribution is 2.44. The quantitative estimate of drug-likeness (QED) is 0.157. The van der Waals surface area contributed by atoms with Gasteiger partial charge in [0, 0.05) is 28.0 Å². The van der Waals surface area contributed by atoms with Gasteiger partial charge in [0.2, 0.25) is 5.89 Å². The molecule has 1 aromatic heterocycles. The molecule has 10 aromatic rings. The molecular weight excluding hydrogens is 681 g/mol. The van der Waals surface area contributed by atoms with Crippen molar-refractivity contribution < 1.29 is 4.42 Å². The third-order valence-corrected chi connectivity index (χ3v) is 10.5. The molecule has 9 aromatic carbocycles. The Bertz CT molecular complexity index is 2940. The van der Waals surface area contributed by atoms with Gasteiger partial charge in [-0.2, -0.15) is 0 Å². The fourth-order valence-electron chi connectivity index (χ4n) is 7.79. The van der Waals surface area contributed by atoms with Crippen LogP contribution in [0.4, 0.5) is 17.1 Å².